The average molecular weight is 181 g/mol. The lowest BCUT2D eigenvalue weighted by atomic mass is 10.1. The second-order valence-electron chi connectivity index (χ2n) is 4.20. The number of aryl methyl sites for hydroxylation is 2. The van der Waals surface area contributed by atoms with Crippen LogP contribution < -0.4 is 0 Å². The molecule has 0 spiro atoms. The summed E-state index contributed by atoms with van der Waals surface area (Å²) in [7, 11) is 1.75. The topological polar surface area (TPSA) is 14.2 Å². The van der Waals surface area contributed by atoms with Gasteiger partial charge in [-0.3, -0.25) is 0 Å². The van der Waals surface area contributed by atoms with Crippen LogP contribution in [0.25, 0.3) is 0 Å². The van der Waals surface area contributed by atoms with Crippen molar-refractivity contribution in [2.24, 2.45) is 0 Å². The average Bonchev–Trinajstić information content (AvgIpc) is 2.31. The van der Waals surface area contributed by atoms with Gasteiger partial charge in [-0.2, -0.15) is 0 Å². The Hall–Kier alpha value is -0.760. The highest BCUT2D eigenvalue weighted by atomic mass is 16.5. The van der Waals surface area contributed by atoms with E-state index in [9.17, 15) is 0 Å². The Labute approximate surface area is 80.5 Å². The number of methoxy groups -OCH3 is 1. The highest BCUT2D eigenvalue weighted by Crippen LogP contribution is 2.21. The van der Waals surface area contributed by atoms with Crippen LogP contribution in [0.4, 0.5) is 0 Å². The number of hydrogen-bond donors (Lipinski definition) is 0. The standard InChI is InChI=1S/C11H19NO/c1-9-6-7-10(2)12(9)11(3,4)8-13-5/h6-7H,8H2,1-5H3. The quantitative estimate of drug-likeness (QED) is 0.698. The summed E-state index contributed by atoms with van der Waals surface area (Å²) in [5.74, 6) is 0. The lowest BCUT2D eigenvalue weighted by molar-refractivity contribution is 0.107. The van der Waals surface area contributed by atoms with Crippen LogP contribution in [0.2, 0.25) is 0 Å². The lowest BCUT2D eigenvalue weighted by Crippen LogP contribution is -2.33. The third-order valence-corrected chi connectivity index (χ3v) is 2.37. The molecule has 0 aliphatic heterocycles. The van der Waals surface area contributed by atoms with Gasteiger partial charge in [0.2, 0.25) is 0 Å². The summed E-state index contributed by atoms with van der Waals surface area (Å²) in [4.78, 5) is 0. The molecule has 0 fully saturated rings. The molecule has 0 bridgehead atoms. The van der Waals surface area contributed by atoms with Gasteiger partial charge in [-0.15, -0.1) is 0 Å². The van der Waals surface area contributed by atoms with Crippen LogP contribution in [-0.4, -0.2) is 18.3 Å². The van der Waals surface area contributed by atoms with Gasteiger partial charge in [-0.1, -0.05) is 0 Å². The van der Waals surface area contributed by atoms with Crippen molar-refractivity contribution in [3.8, 4) is 0 Å². The van der Waals surface area contributed by atoms with Gasteiger partial charge in [0, 0.05) is 18.5 Å². The normalized spacial score (nSPS) is 12.1. The summed E-state index contributed by atoms with van der Waals surface area (Å²) in [6.07, 6.45) is 0. The maximum absolute atomic E-state index is 5.22. The van der Waals surface area contributed by atoms with E-state index in [-0.39, 0.29) is 5.54 Å². The molecule has 1 aromatic rings. The molecule has 0 aliphatic carbocycles. The maximum Gasteiger partial charge on any atom is 0.0692 e. The molecular weight excluding hydrogens is 162 g/mol. The van der Waals surface area contributed by atoms with Crippen LogP contribution in [0, 0.1) is 13.8 Å². The van der Waals surface area contributed by atoms with E-state index >= 15 is 0 Å². The van der Waals surface area contributed by atoms with Gasteiger partial charge in [-0.25, -0.2) is 0 Å². The summed E-state index contributed by atoms with van der Waals surface area (Å²) in [6.45, 7) is 9.38. The minimum atomic E-state index is 0.0480. The Morgan fingerprint density at radius 2 is 1.69 bits per heavy atom. The molecule has 2 nitrogen and oxygen atoms in total. The second kappa shape index (κ2) is 3.54. The number of aromatic nitrogens is 1. The molecule has 1 heterocycles. The zero-order chi connectivity index (χ0) is 10.1. The van der Waals surface area contributed by atoms with Crippen LogP contribution in [0.3, 0.4) is 0 Å². The Balaban J connectivity index is 3.05. The molecule has 1 aromatic heterocycles. The summed E-state index contributed by atoms with van der Waals surface area (Å²) < 4.78 is 7.54. The van der Waals surface area contributed by atoms with Crippen LogP contribution in [0.1, 0.15) is 25.2 Å². The number of rotatable bonds is 3. The van der Waals surface area contributed by atoms with E-state index in [0.29, 0.717) is 0 Å². The summed E-state index contributed by atoms with van der Waals surface area (Å²) in [5.41, 5.74) is 2.63. The van der Waals surface area contributed by atoms with E-state index in [2.05, 4.69) is 44.4 Å². The highest BCUT2D eigenvalue weighted by molar-refractivity contribution is 5.16. The first kappa shape index (κ1) is 10.3. The molecule has 0 saturated heterocycles. The highest BCUT2D eigenvalue weighted by Gasteiger charge is 2.22. The van der Waals surface area contributed by atoms with Crippen LogP contribution >= 0.6 is 0 Å². The maximum atomic E-state index is 5.22. The van der Waals surface area contributed by atoms with E-state index in [1.807, 2.05) is 0 Å². The largest absolute Gasteiger partial charge is 0.382 e. The van der Waals surface area contributed by atoms with Gasteiger partial charge in [0.15, 0.2) is 0 Å². The molecule has 0 aliphatic rings. The zero-order valence-corrected chi connectivity index (χ0v) is 9.22. The summed E-state index contributed by atoms with van der Waals surface area (Å²) >= 11 is 0. The van der Waals surface area contributed by atoms with Crippen LogP contribution in [0.5, 0.6) is 0 Å². The fraction of sp³-hybridized carbons (Fsp3) is 0.636. The number of nitrogens with zero attached hydrogens (tertiary/aromatic N) is 1. The van der Waals surface area contributed by atoms with E-state index in [4.69, 9.17) is 4.74 Å². The van der Waals surface area contributed by atoms with E-state index in [1.54, 1.807) is 7.11 Å². The van der Waals surface area contributed by atoms with Crippen molar-refractivity contribution in [1.29, 1.82) is 0 Å². The molecule has 0 radical (unpaired) electrons. The van der Waals surface area contributed by atoms with Gasteiger partial charge in [0.25, 0.3) is 0 Å². The SMILES string of the molecule is COCC(C)(C)n1c(C)ccc1C. The molecule has 2 heteroatoms. The molecule has 0 amide bonds. The molecule has 0 N–H and O–H groups in total. The monoisotopic (exact) mass is 181 g/mol. The first-order chi connectivity index (χ1) is 5.99. The van der Waals surface area contributed by atoms with Crippen LogP contribution in [0.15, 0.2) is 12.1 Å². The molecule has 74 valence electrons. The van der Waals surface area contributed by atoms with Gasteiger partial charge in [0.05, 0.1) is 12.1 Å². The van der Waals surface area contributed by atoms with Crippen molar-refractivity contribution in [2.45, 2.75) is 33.2 Å². The molecule has 13 heavy (non-hydrogen) atoms. The van der Waals surface area contributed by atoms with E-state index in [0.717, 1.165) is 6.61 Å². The molecule has 0 unspecified atom stereocenters. The Bertz CT molecular complexity index is 267. The van der Waals surface area contributed by atoms with Gasteiger partial charge in [-0.05, 0) is 39.8 Å². The van der Waals surface area contributed by atoms with Crippen molar-refractivity contribution in [1.82, 2.24) is 4.57 Å². The first-order valence-corrected chi connectivity index (χ1v) is 4.63. The molecular formula is C11H19NO. The molecule has 0 atom stereocenters. The predicted molar refractivity (Wildman–Crippen MR) is 55.1 cm³/mol. The second-order valence-corrected chi connectivity index (χ2v) is 4.20. The number of hydrogen-bond acceptors (Lipinski definition) is 1. The smallest absolute Gasteiger partial charge is 0.0692 e. The van der Waals surface area contributed by atoms with Crippen molar-refractivity contribution < 1.29 is 4.74 Å². The number of ether oxygens (including phenoxy) is 1. The summed E-state index contributed by atoms with van der Waals surface area (Å²) in [5, 5.41) is 0. The summed E-state index contributed by atoms with van der Waals surface area (Å²) in [6, 6.07) is 4.29. The fourth-order valence-corrected chi connectivity index (χ4v) is 2.04. The van der Waals surface area contributed by atoms with E-state index < -0.39 is 0 Å². The van der Waals surface area contributed by atoms with Gasteiger partial charge in [0.1, 0.15) is 0 Å². The third-order valence-electron chi connectivity index (χ3n) is 2.37. The Morgan fingerprint density at radius 3 is 2.08 bits per heavy atom. The predicted octanol–water partition coefficient (Wildman–Crippen LogP) is 2.49. The lowest BCUT2D eigenvalue weighted by Gasteiger charge is -2.29. The van der Waals surface area contributed by atoms with Gasteiger partial charge < -0.3 is 9.30 Å². The minimum Gasteiger partial charge on any atom is -0.382 e. The molecule has 0 saturated carbocycles. The molecule has 1 rings (SSSR count). The van der Waals surface area contributed by atoms with Gasteiger partial charge >= 0.3 is 0 Å². The zero-order valence-electron chi connectivity index (χ0n) is 9.22. The Kier molecular flexibility index (Phi) is 2.81. The minimum absolute atomic E-state index is 0.0480. The third kappa shape index (κ3) is 1.94. The Morgan fingerprint density at radius 1 is 1.23 bits per heavy atom. The van der Waals surface area contributed by atoms with Crippen molar-refractivity contribution in [3.05, 3.63) is 23.5 Å². The molecule has 0 aromatic carbocycles. The van der Waals surface area contributed by atoms with E-state index in [1.165, 1.54) is 11.4 Å². The van der Waals surface area contributed by atoms with Crippen molar-refractivity contribution in [2.75, 3.05) is 13.7 Å². The first-order valence-electron chi connectivity index (χ1n) is 4.63. The van der Waals surface area contributed by atoms with Crippen LogP contribution in [-0.2, 0) is 10.3 Å². The van der Waals surface area contributed by atoms with Crippen molar-refractivity contribution in [3.63, 3.8) is 0 Å². The fourth-order valence-electron chi connectivity index (χ4n) is 2.04. The van der Waals surface area contributed by atoms with Crippen molar-refractivity contribution >= 4 is 0 Å².